The molecule has 0 unspecified atom stereocenters. The Morgan fingerprint density at radius 1 is 1.00 bits per heavy atom. The molecule has 0 atom stereocenters. The van der Waals surface area contributed by atoms with E-state index in [0.717, 1.165) is 71.9 Å². The van der Waals surface area contributed by atoms with Crippen LogP contribution in [0.4, 0.5) is 0 Å². The Balaban J connectivity index is 1.37. The maximum Gasteiger partial charge on any atom is 0.223 e. The summed E-state index contributed by atoms with van der Waals surface area (Å²) in [6, 6.07) is 0. The van der Waals surface area contributed by atoms with Gasteiger partial charge in [-0.1, -0.05) is 0 Å². The van der Waals surface area contributed by atoms with Crippen molar-refractivity contribution in [1.29, 1.82) is 0 Å². The quantitative estimate of drug-likeness (QED) is 0.733. The number of rotatable bonds is 3. The van der Waals surface area contributed by atoms with Crippen LogP contribution in [0.25, 0.3) is 0 Å². The van der Waals surface area contributed by atoms with Crippen LogP contribution >= 0.6 is 0 Å². The molecule has 0 aromatic carbocycles. The monoisotopic (exact) mass is 297 g/mol. The third-order valence-electron chi connectivity index (χ3n) is 4.93. The van der Waals surface area contributed by atoms with Gasteiger partial charge >= 0.3 is 0 Å². The van der Waals surface area contributed by atoms with Crippen molar-refractivity contribution in [2.75, 3.05) is 66.1 Å². The number of hydrogen-bond donors (Lipinski definition) is 0. The highest BCUT2D eigenvalue weighted by Crippen LogP contribution is 2.31. The number of carbonyl (C=O) groups is 1. The summed E-state index contributed by atoms with van der Waals surface area (Å²) in [5, 5.41) is 0. The van der Waals surface area contributed by atoms with Gasteiger partial charge in [0.1, 0.15) is 0 Å². The maximum atomic E-state index is 12.2. The number of carbonyl (C=O) groups excluding carboxylic acids is 1. The lowest BCUT2D eigenvalue weighted by molar-refractivity contribution is -0.185. The van der Waals surface area contributed by atoms with Crippen molar-refractivity contribution >= 4 is 5.91 Å². The van der Waals surface area contributed by atoms with E-state index in [0.29, 0.717) is 12.3 Å². The molecule has 0 N–H and O–H groups in total. The molecule has 0 radical (unpaired) electrons. The van der Waals surface area contributed by atoms with Gasteiger partial charge in [0.05, 0.1) is 13.2 Å². The normalized spacial score (nSPS) is 27.4. The number of amides is 1. The number of piperazine rings is 1. The molecular weight excluding hydrogens is 270 g/mol. The predicted molar refractivity (Wildman–Crippen MR) is 79.0 cm³/mol. The van der Waals surface area contributed by atoms with Gasteiger partial charge in [-0.2, -0.15) is 0 Å². The van der Waals surface area contributed by atoms with Crippen LogP contribution in [0.3, 0.4) is 0 Å². The molecule has 120 valence electrons. The average Bonchev–Trinajstić information content (AvgIpc) is 2.95. The Hall–Kier alpha value is -0.690. The second-order valence-electron chi connectivity index (χ2n) is 6.38. The van der Waals surface area contributed by atoms with E-state index in [1.54, 1.807) is 0 Å². The van der Waals surface area contributed by atoms with E-state index < -0.39 is 0 Å². The highest BCUT2D eigenvalue weighted by molar-refractivity contribution is 5.76. The van der Waals surface area contributed by atoms with Gasteiger partial charge in [0.15, 0.2) is 5.79 Å². The minimum Gasteiger partial charge on any atom is -0.347 e. The minimum atomic E-state index is -0.308. The molecule has 0 aromatic rings. The summed E-state index contributed by atoms with van der Waals surface area (Å²) in [5.41, 5.74) is 0. The third kappa shape index (κ3) is 3.74. The first kappa shape index (κ1) is 15.2. The Morgan fingerprint density at radius 3 is 2.24 bits per heavy atom. The first-order valence-corrected chi connectivity index (χ1v) is 8.13. The molecule has 1 amide bonds. The molecule has 3 aliphatic heterocycles. The zero-order valence-electron chi connectivity index (χ0n) is 13.1. The van der Waals surface area contributed by atoms with E-state index in [1.807, 2.05) is 4.90 Å². The topological polar surface area (TPSA) is 45.2 Å². The van der Waals surface area contributed by atoms with Crippen molar-refractivity contribution in [1.82, 2.24) is 14.7 Å². The molecule has 3 aliphatic rings. The fraction of sp³-hybridized carbons (Fsp3) is 0.933. The zero-order chi connectivity index (χ0) is 14.7. The van der Waals surface area contributed by atoms with E-state index >= 15 is 0 Å². The molecule has 0 aliphatic carbocycles. The first-order valence-electron chi connectivity index (χ1n) is 8.13. The van der Waals surface area contributed by atoms with E-state index in [9.17, 15) is 4.79 Å². The lowest BCUT2D eigenvalue weighted by Gasteiger charge is -2.38. The van der Waals surface area contributed by atoms with Crippen molar-refractivity contribution in [2.24, 2.45) is 0 Å². The van der Waals surface area contributed by atoms with Gasteiger partial charge < -0.3 is 24.2 Å². The standard InChI is InChI=1S/C15H27N3O3/c1-16-8-10-18(11-9-16)14(19)2-5-17-6-3-15(4-7-17)20-12-13-21-15/h2-13H2,1H3. The van der Waals surface area contributed by atoms with E-state index in [1.165, 1.54) is 0 Å². The highest BCUT2D eigenvalue weighted by Gasteiger charge is 2.39. The summed E-state index contributed by atoms with van der Waals surface area (Å²) >= 11 is 0. The highest BCUT2D eigenvalue weighted by atomic mass is 16.7. The summed E-state index contributed by atoms with van der Waals surface area (Å²) in [4.78, 5) is 18.9. The molecular formula is C15H27N3O3. The molecule has 3 rings (SSSR count). The molecule has 0 bridgehead atoms. The van der Waals surface area contributed by atoms with E-state index in [4.69, 9.17) is 9.47 Å². The summed E-state index contributed by atoms with van der Waals surface area (Å²) in [6.45, 7) is 7.98. The van der Waals surface area contributed by atoms with Gasteiger partial charge in [-0.3, -0.25) is 4.79 Å². The molecule has 0 saturated carbocycles. The Bertz CT molecular complexity index is 353. The second-order valence-corrected chi connectivity index (χ2v) is 6.38. The van der Waals surface area contributed by atoms with Crippen LogP contribution in [0.5, 0.6) is 0 Å². The largest absolute Gasteiger partial charge is 0.347 e. The zero-order valence-corrected chi connectivity index (χ0v) is 13.1. The Morgan fingerprint density at radius 2 is 1.62 bits per heavy atom. The van der Waals surface area contributed by atoms with Crippen LogP contribution < -0.4 is 0 Å². The van der Waals surface area contributed by atoms with Gasteiger partial charge in [0, 0.05) is 65.1 Å². The van der Waals surface area contributed by atoms with Crippen LogP contribution in [0, 0.1) is 0 Å². The van der Waals surface area contributed by atoms with Crippen LogP contribution in [-0.4, -0.2) is 92.5 Å². The predicted octanol–water partition coefficient (Wildman–Crippen LogP) is -0.0106. The van der Waals surface area contributed by atoms with Crippen molar-refractivity contribution in [3.8, 4) is 0 Å². The van der Waals surface area contributed by atoms with Crippen LogP contribution in [-0.2, 0) is 14.3 Å². The van der Waals surface area contributed by atoms with E-state index in [-0.39, 0.29) is 5.79 Å². The van der Waals surface area contributed by atoms with Crippen LogP contribution in [0.2, 0.25) is 0 Å². The lowest BCUT2D eigenvalue weighted by atomic mass is 10.0. The molecule has 21 heavy (non-hydrogen) atoms. The Kier molecular flexibility index (Phi) is 4.78. The Labute approximate surface area is 126 Å². The fourth-order valence-corrected chi connectivity index (χ4v) is 3.37. The van der Waals surface area contributed by atoms with Crippen molar-refractivity contribution in [2.45, 2.75) is 25.0 Å². The lowest BCUT2D eigenvalue weighted by Crippen LogP contribution is -2.49. The molecule has 1 spiro atoms. The number of hydrogen-bond acceptors (Lipinski definition) is 5. The minimum absolute atomic E-state index is 0.303. The van der Waals surface area contributed by atoms with Crippen LogP contribution in [0.1, 0.15) is 19.3 Å². The number of piperidine rings is 1. The summed E-state index contributed by atoms with van der Waals surface area (Å²) < 4.78 is 11.5. The summed E-state index contributed by atoms with van der Waals surface area (Å²) in [7, 11) is 2.11. The van der Waals surface area contributed by atoms with Gasteiger partial charge in [0.2, 0.25) is 5.91 Å². The van der Waals surface area contributed by atoms with E-state index in [2.05, 4.69) is 16.8 Å². The SMILES string of the molecule is CN1CCN(C(=O)CCN2CCC3(CC2)OCCO3)CC1. The van der Waals surface area contributed by atoms with Gasteiger partial charge in [-0.05, 0) is 7.05 Å². The summed E-state index contributed by atoms with van der Waals surface area (Å²) in [5.74, 6) is -0.00503. The van der Waals surface area contributed by atoms with Crippen LogP contribution in [0.15, 0.2) is 0 Å². The van der Waals surface area contributed by atoms with Crippen molar-refractivity contribution in [3.05, 3.63) is 0 Å². The molecule has 3 fully saturated rings. The average molecular weight is 297 g/mol. The number of nitrogens with zero attached hydrogens (tertiary/aromatic N) is 3. The molecule has 3 saturated heterocycles. The maximum absolute atomic E-state index is 12.2. The van der Waals surface area contributed by atoms with Gasteiger partial charge in [-0.15, -0.1) is 0 Å². The van der Waals surface area contributed by atoms with Crippen molar-refractivity contribution < 1.29 is 14.3 Å². The molecule has 6 heteroatoms. The van der Waals surface area contributed by atoms with Crippen molar-refractivity contribution in [3.63, 3.8) is 0 Å². The number of likely N-dealkylation sites (N-methyl/N-ethyl adjacent to an activating group) is 1. The van der Waals surface area contributed by atoms with Gasteiger partial charge in [0.25, 0.3) is 0 Å². The third-order valence-corrected chi connectivity index (χ3v) is 4.93. The molecule has 6 nitrogen and oxygen atoms in total. The first-order chi connectivity index (χ1) is 10.2. The molecule has 3 heterocycles. The number of ether oxygens (including phenoxy) is 2. The molecule has 0 aromatic heterocycles. The second kappa shape index (κ2) is 6.60. The number of likely N-dealkylation sites (tertiary alicyclic amines) is 1. The summed E-state index contributed by atoms with van der Waals surface area (Å²) in [6.07, 6.45) is 2.49. The fourth-order valence-electron chi connectivity index (χ4n) is 3.37. The van der Waals surface area contributed by atoms with Gasteiger partial charge in [-0.25, -0.2) is 0 Å². The smallest absolute Gasteiger partial charge is 0.223 e.